The van der Waals surface area contributed by atoms with Crippen LogP contribution >= 0.6 is 0 Å². The van der Waals surface area contributed by atoms with Crippen molar-refractivity contribution in [1.29, 1.82) is 0 Å². The van der Waals surface area contributed by atoms with E-state index in [1.807, 2.05) is 24.3 Å². The maximum absolute atomic E-state index is 12.7. The molecule has 1 aromatic heterocycles. The molecule has 1 unspecified atom stereocenters. The summed E-state index contributed by atoms with van der Waals surface area (Å²) in [7, 11) is -2.19. The molecule has 3 aromatic rings. The zero-order chi connectivity index (χ0) is 17.6. The highest BCUT2D eigenvalue weighted by Crippen LogP contribution is 2.25. The van der Waals surface area contributed by atoms with Gasteiger partial charge in [-0.3, -0.25) is 4.57 Å². The quantitative estimate of drug-likeness (QED) is 0.763. The minimum atomic E-state index is -3.76. The van der Waals surface area contributed by atoms with Crippen molar-refractivity contribution in [3.63, 3.8) is 0 Å². The van der Waals surface area contributed by atoms with Crippen LogP contribution in [0.3, 0.4) is 0 Å². The zero-order valence-electron chi connectivity index (χ0n) is 13.4. The summed E-state index contributed by atoms with van der Waals surface area (Å²) in [6.45, 7) is 0.263. The van der Waals surface area contributed by atoms with E-state index in [1.54, 1.807) is 13.1 Å². The van der Waals surface area contributed by atoms with Crippen molar-refractivity contribution in [3.8, 4) is 5.75 Å². The molecule has 0 fully saturated rings. The smallest absolute Gasteiger partial charge is 0.419 e. The van der Waals surface area contributed by atoms with E-state index in [4.69, 9.17) is 9.15 Å². The van der Waals surface area contributed by atoms with Crippen LogP contribution in [0.25, 0.3) is 11.1 Å². The minimum Gasteiger partial charge on any atom is -0.492 e. The van der Waals surface area contributed by atoms with Crippen LogP contribution in [0, 0.1) is 0 Å². The van der Waals surface area contributed by atoms with E-state index in [-0.39, 0.29) is 23.1 Å². The Bertz CT molecular complexity index is 1110. The van der Waals surface area contributed by atoms with Crippen molar-refractivity contribution >= 4 is 21.1 Å². The first-order valence-corrected chi connectivity index (χ1v) is 9.25. The molecule has 7 nitrogen and oxygen atoms in total. The Labute approximate surface area is 143 Å². The van der Waals surface area contributed by atoms with Crippen LogP contribution in [-0.4, -0.2) is 25.6 Å². The van der Waals surface area contributed by atoms with Crippen molar-refractivity contribution in [2.24, 2.45) is 7.05 Å². The third-order valence-corrected chi connectivity index (χ3v) is 5.79. The molecule has 1 aliphatic rings. The van der Waals surface area contributed by atoms with Gasteiger partial charge in [0.1, 0.15) is 12.4 Å². The predicted octanol–water partition coefficient (Wildman–Crippen LogP) is 1.41. The van der Waals surface area contributed by atoms with Gasteiger partial charge in [-0.2, -0.15) is 0 Å². The Balaban J connectivity index is 1.61. The molecule has 0 radical (unpaired) electrons. The molecule has 2 heterocycles. The number of hydrogen-bond donors (Lipinski definition) is 1. The van der Waals surface area contributed by atoms with E-state index in [9.17, 15) is 13.2 Å². The Morgan fingerprint density at radius 1 is 1.20 bits per heavy atom. The second-order valence-corrected chi connectivity index (χ2v) is 7.71. The summed E-state index contributed by atoms with van der Waals surface area (Å²) >= 11 is 0. The summed E-state index contributed by atoms with van der Waals surface area (Å²) in [6, 6.07) is 11.6. The second-order valence-electron chi connectivity index (χ2n) is 6.00. The number of hydrogen-bond acceptors (Lipinski definition) is 5. The highest BCUT2D eigenvalue weighted by atomic mass is 32.2. The SMILES string of the molecule is Cn1c(=O)oc2cc(S(=O)(=O)NC3COc4ccccc4C3)ccc21. The largest absolute Gasteiger partial charge is 0.492 e. The topological polar surface area (TPSA) is 90.5 Å². The number of aromatic nitrogens is 1. The van der Waals surface area contributed by atoms with Crippen molar-refractivity contribution in [1.82, 2.24) is 9.29 Å². The van der Waals surface area contributed by atoms with E-state index >= 15 is 0 Å². The molecular formula is C17H16N2O5S. The standard InChI is InChI=1S/C17H16N2O5S/c1-19-14-7-6-13(9-16(14)24-17(19)20)25(21,22)18-12-8-11-4-2-3-5-15(11)23-10-12/h2-7,9,12,18H,8,10H2,1H3. The van der Waals surface area contributed by atoms with E-state index in [0.29, 0.717) is 11.9 Å². The number of nitrogens with zero attached hydrogens (tertiary/aromatic N) is 1. The monoisotopic (exact) mass is 360 g/mol. The Morgan fingerprint density at radius 3 is 2.84 bits per heavy atom. The van der Waals surface area contributed by atoms with Gasteiger partial charge in [-0.15, -0.1) is 0 Å². The number of rotatable bonds is 3. The highest BCUT2D eigenvalue weighted by molar-refractivity contribution is 7.89. The first-order chi connectivity index (χ1) is 11.9. The van der Waals surface area contributed by atoms with Crippen molar-refractivity contribution in [2.45, 2.75) is 17.4 Å². The average Bonchev–Trinajstić information content (AvgIpc) is 2.88. The fourth-order valence-electron chi connectivity index (χ4n) is 2.97. The summed E-state index contributed by atoms with van der Waals surface area (Å²) in [5.41, 5.74) is 1.74. The van der Waals surface area contributed by atoms with Crippen LogP contribution in [0.15, 0.2) is 56.6 Å². The predicted molar refractivity (Wildman–Crippen MR) is 91.2 cm³/mol. The number of sulfonamides is 1. The molecule has 0 spiro atoms. The number of fused-ring (bicyclic) bond motifs is 2. The van der Waals surface area contributed by atoms with Gasteiger partial charge in [0.25, 0.3) is 0 Å². The van der Waals surface area contributed by atoms with Gasteiger partial charge in [0.15, 0.2) is 5.58 Å². The molecule has 1 aliphatic heterocycles. The molecule has 25 heavy (non-hydrogen) atoms. The van der Waals surface area contributed by atoms with Gasteiger partial charge in [-0.05, 0) is 30.2 Å². The van der Waals surface area contributed by atoms with Gasteiger partial charge < -0.3 is 9.15 Å². The Kier molecular flexibility index (Phi) is 3.66. The number of nitrogens with one attached hydrogen (secondary N) is 1. The summed E-state index contributed by atoms with van der Waals surface area (Å²) in [4.78, 5) is 11.6. The van der Waals surface area contributed by atoms with Gasteiger partial charge in [-0.25, -0.2) is 17.9 Å². The zero-order valence-corrected chi connectivity index (χ0v) is 14.2. The maximum atomic E-state index is 12.7. The molecule has 0 aliphatic carbocycles. The van der Waals surface area contributed by atoms with E-state index in [0.717, 1.165) is 11.3 Å². The molecule has 0 saturated heterocycles. The molecule has 130 valence electrons. The lowest BCUT2D eigenvalue weighted by Crippen LogP contribution is -2.42. The number of oxazole rings is 1. The number of aryl methyl sites for hydroxylation is 1. The molecule has 4 rings (SSSR count). The Hall–Kier alpha value is -2.58. The summed E-state index contributed by atoms with van der Waals surface area (Å²) < 4.78 is 40.0. The average molecular weight is 360 g/mol. The van der Waals surface area contributed by atoms with Crippen LogP contribution < -0.4 is 15.2 Å². The van der Waals surface area contributed by atoms with Gasteiger partial charge in [0.2, 0.25) is 10.0 Å². The van der Waals surface area contributed by atoms with E-state index < -0.39 is 15.8 Å². The van der Waals surface area contributed by atoms with Gasteiger partial charge in [-0.1, -0.05) is 18.2 Å². The lowest BCUT2D eigenvalue weighted by Gasteiger charge is -2.25. The Morgan fingerprint density at radius 2 is 2.00 bits per heavy atom. The highest BCUT2D eigenvalue weighted by Gasteiger charge is 2.25. The third kappa shape index (κ3) is 2.83. The van der Waals surface area contributed by atoms with Crippen LogP contribution in [0.1, 0.15) is 5.56 Å². The molecule has 8 heteroatoms. The normalized spacial score (nSPS) is 17.2. The molecule has 1 atom stereocenters. The van der Waals surface area contributed by atoms with Crippen LogP contribution in [0.5, 0.6) is 5.75 Å². The molecule has 0 amide bonds. The lowest BCUT2D eigenvalue weighted by atomic mass is 10.0. The van der Waals surface area contributed by atoms with E-state index in [2.05, 4.69) is 4.72 Å². The number of para-hydroxylation sites is 1. The number of benzene rings is 2. The van der Waals surface area contributed by atoms with Gasteiger partial charge >= 0.3 is 5.76 Å². The maximum Gasteiger partial charge on any atom is 0.419 e. The third-order valence-electron chi connectivity index (χ3n) is 4.27. The summed E-state index contributed by atoms with van der Waals surface area (Å²) in [6.07, 6.45) is 0.554. The molecule has 0 saturated carbocycles. The van der Waals surface area contributed by atoms with Crippen LogP contribution in [0.4, 0.5) is 0 Å². The molecular weight excluding hydrogens is 344 g/mol. The fraction of sp³-hybridized carbons (Fsp3) is 0.235. The van der Waals surface area contributed by atoms with Crippen molar-refractivity contribution in [3.05, 3.63) is 58.6 Å². The van der Waals surface area contributed by atoms with Crippen molar-refractivity contribution in [2.75, 3.05) is 6.61 Å². The molecule has 1 N–H and O–H groups in total. The second kappa shape index (κ2) is 5.75. The summed E-state index contributed by atoms with van der Waals surface area (Å²) in [5, 5.41) is 0. The first-order valence-electron chi connectivity index (χ1n) is 7.77. The van der Waals surface area contributed by atoms with E-state index in [1.165, 1.54) is 16.7 Å². The minimum absolute atomic E-state index is 0.0493. The van der Waals surface area contributed by atoms with Gasteiger partial charge in [0.05, 0.1) is 16.5 Å². The van der Waals surface area contributed by atoms with Crippen LogP contribution in [0.2, 0.25) is 0 Å². The fourth-order valence-corrected chi connectivity index (χ4v) is 4.21. The molecule has 2 aromatic carbocycles. The van der Waals surface area contributed by atoms with Gasteiger partial charge in [0, 0.05) is 13.1 Å². The van der Waals surface area contributed by atoms with Crippen molar-refractivity contribution < 1.29 is 17.6 Å². The lowest BCUT2D eigenvalue weighted by molar-refractivity contribution is 0.254. The number of ether oxygens (including phenoxy) is 1. The van der Waals surface area contributed by atoms with Crippen LogP contribution in [-0.2, 0) is 23.5 Å². The molecule has 0 bridgehead atoms. The summed E-state index contributed by atoms with van der Waals surface area (Å²) in [5.74, 6) is 0.250. The first kappa shape index (κ1) is 15.9.